The minimum atomic E-state index is -0.960. The Hall–Kier alpha value is -6.64. The molecule has 0 radical (unpaired) electrons. The highest BCUT2D eigenvalue weighted by Crippen LogP contribution is 2.40. The van der Waals surface area contributed by atoms with Crippen molar-refractivity contribution in [3.05, 3.63) is 129 Å². The predicted octanol–water partition coefficient (Wildman–Crippen LogP) is 7.61. The van der Waals surface area contributed by atoms with Crippen LogP contribution in [0.15, 0.2) is 89.4 Å². The summed E-state index contributed by atoms with van der Waals surface area (Å²) in [5.74, 6) is 0.556. The third-order valence-corrected chi connectivity index (χ3v) is 15.2. The van der Waals surface area contributed by atoms with Crippen molar-refractivity contribution in [2.75, 3.05) is 44.9 Å². The lowest BCUT2D eigenvalue weighted by atomic mass is 9.85. The standard InChI is InChI=1S/C55H65N9O8S2/c1-33-35(3)74-54-47(33)48(38-13-9-8-10-14-38)59-43(51-62-61-36(4)64(51)54)28-45(66)58-40-19-21-42(22-20-40)72-26-12-24-70-23-11-25-71-31-46(67)60-50(55(5,6)7)53(69)63-30-41(65)27-44(63)52(68)56-29-37-15-17-39(18-16-37)49-34(2)57-32-73-49/h8-10,13-22,32,41,43-44,50,65H,11-12,23-31H2,1-7H3,(H,56,68)(H,58,66)(H,60,67)/t41-,43?,44+,50?/m1/s1. The van der Waals surface area contributed by atoms with Gasteiger partial charge in [0.2, 0.25) is 23.6 Å². The summed E-state index contributed by atoms with van der Waals surface area (Å²) in [6, 6.07) is 22.7. The highest BCUT2D eigenvalue weighted by molar-refractivity contribution is 7.15. The van der Waals surface area contributed by atoms with Gasteiger partial charge in [0.25, 0.3) is 0 Å². The number of benzene rings is 3. The number of likely N-dealkylation sites (tertiary alicyclic amines) is 1. The largest absolute Gasteiger partial charge is 0.494 e. The van der Waals surface area contributed by atoms with Gasteiger partial charge in [-0.15, -0.1) is 32.9 Å². The molecule has 2 aliphatic heterocycles. The van der Waals surface area contributed by atoms with E-state index in [0.717, 1.165) is 54.9 Å². The third kappa shape index (κ3) is 13.0. The minimum absolute atomic E-state index is 0.0153. The van der Waals surface area contributed by atoms with Gasteiger partial charge >= 0.3 is 0 Å². The fourth-order valence-corrected chi connectivity index (χ4v) is 11.0. The third-order valence-electron chi connectivity index (χ3n) is 13.0. The molecule has 0 aliphatic carbocycles. The molecule has 2 unspecified atom stereocenters. The molecule has 8 rings (SSSR count). The van der Waals surface area contributed by atoms with Crippen LogP contribution in [-0.4, -0.2) is 117 Å². The van der Waals surface area contributed by atoms with Crippen molar-refractivity contribution in [3.63, 3.8) is 0 Å². The van der Waals surface area contributed by atoms with Crippen molar-refractivity contribution >= 4 is 57.7 Å². The summed E-state index contributed by atoms with van der Waals surface area (Å²) in [7, 11) is 0. The van der Waals surface area contributed by atoms with Crippen molar-refractivity contribution in [2.24, 2.45) is 10.4 Å². The van der Waals surface area contributed by atoms with Crippen LogP contribution in [0.4, 0.5) is 5.69 Å². The summed E-state index contributed by atoms with van der Waals surface area (Å²) in [5, 5.41) is 29.3. The summed E-state index contributed by atoms with van der Waals surface area (Å²) >= 11 is 3.25. The van der Waals surface area contributed by atoms with Crippen LogP contribution in [-0.2, 0) is 35.2 Å². The number of carbonyl (C=O) groups excluding carboxylic acids is 4. The highest BCUT2D eigenvalue weighted by Gasteiger charge is 2.44. The lowest BCUT2D eigenvalue weighted by Crippen LogP contribution is -2.58. The first kappa shape index (κ1) is 53.6. The molecular formula is C55H65N9O8S2. The first-order valence-electron chi connectivity index (χ1n) is 24.9. The van der Waals surface area contributed by atoms with E-state index in [-0.39, 0.29) is 51.0 Å². The van der Waals surface area contributed by atoms with Gasteiger partial charge < -0.3 is 40.2 Å². The Labute approximate surface area is 439 Å². The van der Waals surface area contributed by atoms with Crippen molar-refractivity contribution < 1.29 is 38.5 Å². The second-order valence-electron chi connectivity index (χ2n) is 19.7. The first-order chi connectivity index (χ1) is 35.5. The lowest BCUT2D eigenvalue weighted by Gasteiger charge is -2.35. The van der Waals surface area contributed by atoms with Crippen molar-refractivity contribution in [1.82, 2.24) is 35.3 Å². The summed E-state index contributed by atoms with van der Waals surface area (Å²) in [6.45, 7) is 15.2. The van der Waals surface area contributed by atoms with E-state index in [1.807, 2.05) is 111 Å². The maximum absolute atomic E-state index is 14.0. The van der Waals surface area contributed by atoms with Crippen molar-refractivity contribution in [3.8, 4) is 21.2 Å². The number of fused-ring (bicyclic) bond motifs is 3. The van der Waals surface area contributed by atoms with Crippen molar-refractivity contribution in [2.45, 2.75) is 105 Å². The van der Waals surface area contributed by atoms with Crippen LogP contribution in [0.1, 0.15) is 97.0 Å². The van der Waals surface area contributed by atoms with E-state index in [2.05, 4.69) is 45.0 Å². The van der Waals surface area contributed by atoms with Crippen LogP contribution in [0.3, 0.4) is 0 Å². The molecule has 3 aromatic heterocycles. The molecule has 6 aromatic rings. The van der Waals surface area contributed by atoms with Gasteiger partial charge in [-0.25, -0.2) is 4.98 Å². The summed E-state index contributed by atoms with van der Waals surface area (Å²) in [4.78, 5) is 67.2. The zero-order chi connectivity index (χ0) is 52.5. The van der Waals surface area contributed by atoms with E-state index in [0.29, 0.717) is 49.9 Å². The molecule has 74 heavy (non-hydrogen) atoms. The number of amides is 4. The number of nitrogens with one attached hydrogen (secondary N) is 3. The van der Waals surface area contributed by atoms with Gasteiger partial charge in [-0.2, -0.15) is 0 Å². The molecule has 17 nitrogen and oxygen atoms in total. The summed E-state index contributed by atoms with van der Waals surface area (Å²) < 4.78 is 19.4. The SMILES string of the molecule is Cc1ncsc1-c1ccc(CNC(=O)[C@@H]2C[C@@H](O)CN2C(=O)C(NC(=O)COCCCOCCCOc2ccc(NC(=O)CC3N=C(c4ccccc4)c4c(sc(C)c4C)-n4c(C)nnc43)cc2)C(C)(C)C)cc1. The Morgan fingerprint density at radius 2 is 1.57 bits per heavy atom. The number of β-amino-alcohol motifs (C(OH)–C–C–N with tert-alkyl or cyclic N) is 1. The molecule has 1 saturated heterocycles. The highest BCUT2D eigenvalue weighted by atomic mass is 32.1. The molecular weight excluding hydrogens is 979 g/mol. The molecule has 0 spiro atoms. The molecule has 4 amide bonds. The molecule has 2 aliphatic rings. The number of ether oxygens (including phenoxy) is 3. The van der Waals surface area contributed by atoms with Crippen LogP contribution < -0.4 is 20.7 Å². The number of aliphatic hydroxyl groups excluding tert-OH is 1. The predicted molar refractivity (Wildman–Crippen MR) is 286 cm³/mol. The fraction of sp³-hybridized carbons (Fsp3) is 0.418. The lowest BCUT2D eigenvalue weighted by molar-refractivity contribution is -0.144. The number of thiophene rings is 1. The number of rotatable bonds is 21. The van der Waals surface area contributed by atoms with Gasteiger partial charge in [-0.05, 0) is 80.5 Å². The summed E-state index contributed by atoms with van der Waals surface area (Å²) in [5.41, 5.74) is 8.65. The van der Waals surface area contributed by atoms with Gasteiger partial charge in [0.1, 0.15) is 41.3 Å². The first-order valence-corrected chi connectivity index (χ1v) is 26.6. The average molecular weight is 1040 g/mol. The van der Waals surface area contributed by atoms with Crippen LogP contribution >= 0.6 is 22.7 Å². The second kappa shape index (κ2) is 24.1. The number of aromatic nitrogens is 4. The van der Waals surface area contributed by atoms with Gasteiger partial charge in [0.15, 0.2) is 5.82 Å². The zero-order valence-corrected chi connectivity index (χ0v) is 44.6. The molecule has 0 bridgehead atoms. The van der Waals surface area contributed by atoms with E-state index < -0.39 is 41.5 Å². The van der Waals surface area contributed by atoms with E-state index in [9.17, 15) is 24.3 Å². The zero-order valence-electron chi connectivity index (χ0n) is 43.0. The van der Waals surface area contributed by atoms with Crippen molar-refractivity contribution in [1.29, 1.82) is 0 Å². The fourth-order valence-electron chi connectivity index (χ4n) is 9.01. The van der Waals surface area contributed by atoms with Crippen LogP contribution in [0.25, 0.3) is 15.4 Å². The Kier molecular flexibility index (Phi) is 17.5. The molecule has 4 N–H and O–H groups in total. The Morgan fingerprint density at radius 1 is 0.851 bits per heavy atom. The van der Waals surface area contributed by atoms with Gasteiger partial charge in [0, 0.05) is 67.4 Å². The number of hydrogen-bond acceptors (Lipinski definition) is 14. The average Bonchev–Trinajstić information content (AvgIpc) is 4.15. The van der Waals surface area contributed by atoms with E-state index in [4.69, 9.17) is 19.2 Å². The Bertz CT molecular complexity index is 2950. The maximum Gasteiger partial charge on any atom is 0.246 e. The molecule has 4 atom stereocenters. The monoisotopic (exact) mass is 1040 g/mol. The van der Waals surface area contributed by atoms with Crippen LogP contribution in [0.2, 0.25) is 0 Å². The number of aliphatic imine (C=N–C) groups is 1. The number of aryl methyl sites for hydroxylation is 3. The number of thiazole rings is 1. The topological polar surface area (TPSA) is 211 Å². The number of anilines is 1. The Morgan fingerprint density at radius 3 is 2.27 bits per heavy atom. The summed E-state index contributed by atoms with van der Waals surface area (Å²) in [6.07, 6.45) is 0.496. The molecule has 5 heterocycles. The van der Waals surface area contributed by atoms with Crippen LogP contribution in [0.5, 0.6) is 5.75 Å². The van der Waals surface area contributed by atoms with E-state index >= 15 is 0 Å². The van der Waals surface area contributed by atoms with Gasteiger partial charge in [-0.3, -0.25) is 28.7 Å². The molecule has 3 aromatic carbocycles. The molecule has 0 saturated carbocycles. The van der Waals surface area contributed by atoms with Gasteiger partial charge in [0.05, 0.1) is 40.9 Å². The number of hydrogen-bond donors (Lipinski definition) is 4. The van der Waals surface area contributed by atoms with E-state index in [1.54, 1.807) is 34.8 Å². The number of aliphatic hydroxyl groups is 1. The number of carbonyl (C=O) groups is 4. The van der Waals surface area contributed by atoms with Gasteiger partial charge in [-0.1, -0.05) is 75.4 Å². The second-order valence-corrected chi connectivity index (χ2v) is 21.8. The molecule has 1 fully saturated rings. The molecule has 390 valence electrons. The smallest absolute Gasteiger partial charge is 0.246 e. The van der Waals surface area contributed by atoms with Crippen LogP contribution in [0, 0.1) is 33.1 Å². The minimum Gasteiger partial charge on any atom is -0.494 e. The Balaban J connectivity index is 0.719. The molecule has 19 heteroatoms. The van der Waals surface area contributed by atoms with E-state index in [1.165, 1.54) is 9.78 Å². The normalized spacial score (nSPS) is 16.7. The quantitative estimate of drug-likeness (QED) is 0.0516. The maximum atomic E-state index is 14.0. The number of nitrogens with zero attached hydrogens (tertiary/aromatic N) is 6.